The van der Waals surface area contributed by atoms with E-state index in [0.29, 0.717) is 0 Å². The Morgan fingerprint density at radius 3 is 2.62 bits per heavy atom. The molecule has 0 saturated heterocycles. The van der Waals surface area contributed by atoms with E-state index in [0.717, 1.165) is 24.7 Å². The standard InChI is InChI=1S/C11H22O2/c1-8(2)6-9-4-5-10(12)11(7-9)13-3/h8-12H,4-7H2,1-3H3. The van der Waals surface area contributed by atoms with Gasteiger partial charge in [-0.05, 0) is 37.5 Å². The maximum Gasteiger partial charge on any atom is 0.0832 e. The minimum atomic E-state index is -0.228. The average Bonchev–Trinajstić information content (AvgIpc) is 2.07. The third kappa shape index (κ3) is 3.28. The van der Waals surface area contributed by atoms with Crippen LogP contribution < -0.4 is 0 Å². The van der Waals surface area contributed by atoms with Crippen LogP contribution in [-0.4, -0.2) is 24.4 Å². The van der Waals surface area contributed by atoms with Gasteiger partial charge in [0.15, 0.2) is 0 Å². The lowest BCUT2D eigenvalue weighted by molar-refractivity contribution is -0.0526. The molecule has 1 aliphatic rings. The summed E-state index contributed by atoms with van der Waals surface area (Å²) in [4.78, 5) is 0. The molecular weight excluding hydrogens is 164 g/mol. The van der Waals surface area contributed by atoms with Crippen molar-refractivity contribution < 1.29 is 9.84 Å². The molecule has 0 aromatic carbocycles. The van der Waals surface area contributed by atoms with Gasteiger partial charge in [0.25, 0.3) is 0 Å². The fraction of sp³-hybridized carbons (Fsp3) is 1.00. The highest BCUT2D eigenvalue weighted by atomic mass is 16.5. The van der Waals surface area contributed by atoms with Crippen molar-refractivity contribution in [2.45, 2.75) is 51.7 Å². The molecule has 2 heteroatoms. The van der Waals surface area contributed by atoms with Gasteiger partial charge in [-0.25, -0.2) is 0 Å². The molecule has 3 atom stereocenters. The van der Waals surface area contributed by atoms with E-state index in [1.165, 1.54) is 12.8 Å². The second-order valence-electron chi connectivity index (χ2n) is 4.65. The molecule has 3 unspecified atom stereocenters. The molecule has 1 fully saturated rings. The fourth-order valence-electron chi connectivity index (χ4n) is 2.33. The summed E-state index contributed by atoms with van der Waals surface area (Å²) in [6, 6.07) is 0. The summed E-state index contributed by atoms with van der Waals surface area (Å²) in [6.45, 7) is 4.51. The van der Waals surface area contributed by atoms with Crippen LogP contribution in [0.2, 0.25) is 0 Å². The van der Waals surface area contributed by atoms with Gasteiger partial charge in [0.05, 0.1) is 12.2 Å². The Labute approximate surface area is 81.3 Å². The van der Waals surface area contributed by atoms with Gasteiger partial charge in [0, 0.05) is 7.11 Å². The number of aliphatic hydroxyl groups excluding tert-OH is 1. The van der Waals surface area contributed by atoms with E-state index in [2.05, 4.69) is 13.8 Å². The van der Waals surface area contributed by atoms with Crippen LogP contribution in [0.25, 0.3) is 0 Å². The molecule has 0 amide bonds. The van der Waals surface area contributed by atoms with Gasteiger partial charge in [-0.2, -0.15) is 0 Å². The first-order valence-corrected chi connectivity index (χ1v) is 5.34. The number of methoxy groups -OCH3 is 1. The molecule has 2 nitrogen and oxygen atoms in total. The highest BCUT2D eigenvalue weighted by Gasteiger charge is 2.29. The summed E-state index contributed by atoms with van der Waals surface area (Å²) >= 11 is 0. The lowest BCUT2D eigenvalue weighted by atomic mass is 9.81. The van der Waals surface area contributed by atoms with Crippen molar-refractivity contribution in [1.29, 1.82) is 0 Å². The predicted octanol–water partition coefficient (Wildman–Crippen LogP) is 2.21. The van der Waals surface area contributed by atoms with Crippen LogP contribution in [0.3, 0.4) is 0 Å². The first-order valence-electron chi connectivity index (χ1n) is 5.34. The van der Waals surface area contributed by atoms with Crippen LogP contribution in [0.15, 0.2) is 0 Å². The van der Waals surface area contributed by atoms with Gasteiger partial charge in [0.2, 0.25) is 0 Å². The van der Waals surface area contributed by atoms with Crippen LogP contribution >= 0.6 is 0 Å². The molecule has 78 valence electrons. The molecule has 1 rings (SSSR count). The Kier molecular flexibility index (Phi) is 4.20. The van der Waals surface area contributed by atoms with Crippen LogP contribution in [0.1, 0.15) is 39.5 Å². The zero-order valence-corrected chi connectivity index (χ0v) is 8.99. The van der Waals surface area contributed by atoms with Crippen molar-refractivity contribution in [3.8, 4) is 0 Å². The van der Waals surface area contributed by atoms with E-state index in [4.69, 9.17) is 4.74 Å². The normalized spacial score (nSPS) is 35.3. The molecule has 0 spiro atoms. The van der Waals surface area contributed by atoms with Gasteiger partial charge in [-0.3, -0.25) is 0 Å². The number of hydrogen-bond donors (Lipinski definition) is 1. The van der Waals surface area contributed by atoms with Crippen LogP contribution in [0.4, 0.5) is 0 Å². The maximum absolute atomic E-state index is 9.60. The third-order valence-electron chi connectivity index (χ3n) is 2.97. The fourth-order valence-corrected chi connectivity index (χ4v) is 2.33. The highest BCUT2D eigenvalue weighted by Crippen LogP contribution is 2.30. The van der Waals surface area contributed by atoms with Crippen molar-refractivity contribution in [2.24, 2.45) is 11.8 Å². The summed E-state index contributed by atoms with van der Waals surface area (Å²) < 4.78 is 5.27. The second kappa shape index (κ2) is 4.97. The van der Waals surface area contributed by atoms with Gasteiger partial charge < -0.3 is 9.84 Å². The molecule has 0 bridgehead atoms. The Morgan fingerprint density at radius 1 is 1.38 bits per heavy atom. The minimum absolute atomic E-state index is 0.0810. The number of ether oxygens (including phenoxy) is 1. The minimum Gasteiger partial charge on any atom is -0.390 e. The summed E-state index contributed by atoms with van der Waals surface area (Å²) in [6.07, 6.45) is 4.24. The predicted molar refractivity (Wildman–Crippen MR) is 53.6 cm³/mol. The zero-order chi connectivity index (χ0) is 9.84. The Bertz CT molecular complexity index is 145. The van der Waals surface area contributed by atoms with E-state index >= 15 is 0 Å². The van der Waals surface area contributed by atoms with Gasteiger partial charge in [0.1, 0.15) is 0 Å². The number of rotatable bonds is 3. The van der Waals surface area contributed by atoms with Gasteiger partial charge in [-0.1, -0.05) is 13.8 Å². The molecule has 1 aliphatic carbocycles. The Hall–Kier alpha value is -0.0800. The first-order chi connectivity index (χ1) is 6.13. The molecule has 0 radical (unpaired) electrons. The van der Waals surface area contributed by atoms with E-state index < -0.39 is 0 Å². The molecular formula is C11H22O2. The van der Waals surface area contributed by atoms with Crippen molar-refractivity contribution in [3.63, 3.8) is 0 Å². The molecule has 13 heavy (non-hydrogen) atoms. The smallest absolute Gasteiger partial charge is 0.0832 e. The summed E-state index contributed by atoms with van der Waals surface area (Å²) in [7, 11) is 1.70. The lowest BCUT2D eigenvalue weighted by Crippen LogP contribution is -2.35. The van der Waals surface area contributed by atoms with Crippen molar-refractivity contribution in [2.75, 3.05) is 7.11 Å². The molecule has 0 aromatic rings. The molecule has 1 N–H and O–H groups in total. The summed E-state index contributed by atoms with van der Waals surface area (Å²) in [5.41, 5.74) is 0. The van der Waals surface area contributed by atoms with Crippen molar-refractivity contribution in [1.82, 2.24) is 0 Å². The lowest BCUT2D eigenvalue weighted by Gasteiger charge is -2.33. The quantitative estimate of drug-likeness (QED) is 0.732. The van der Waals surface area contributed by atoms with Gasteiger partial charge >= 0.3 is 0 Å². The van der Waals surface area contributed by atoms with Crippen LogP contribution in [-0.2, 0) is 4.74 Å². The summed E-state index contributed by atoms with van der Waals surface area (Å²) in [5, 5.41) is 9.60. The van der Waals surface area contributed by atoms with E-state index in [-0.39, 0.29) is 12.2 Å². The average molecular weight is 186 g/mol. The summed E-state index contributed by atoms with van der Waals surface area (Å²) in [5.74, 6) is 1.52. The van der Waals surface area contributed by atoms with Crippen LogP contribution in [0.5, 0.6) is 0 Å². The molecule has 0 heterocycles. The Morgan fingerprint density at radius 2 is 2.08 bits per heavy atom. The van der Waals surface area contributed by atoms with E-state index in [1.807, 2.05) is 0 Å². The maximum atomic E-state index is 9.60. The first kappa shape index (κ1) is 11.0. The van der Waals surface area contributed by atoms with Crippen LogP contribution in [0, 0.1) is 11.8 Å². The highest BCUT2D eigenvalue weighted by molar-refractivity contribution is 4.80. The largest absolute Gasteiger partial charge is 0.390 e. The van der Waals surface area contributed by atoms with Gasteiger partial charge in [-0.15, -0.1) is 0 Å². The zero-order valence-electron chi connectivity index (χ0n) is 8.99. The molecule has 1 saturated carbocycles. The van der Waals surface area contributed by atoms with E-state index in [1.54, 1.807) is 7.11 Å². The second-order valence-corrected chi connectivity index (χ2v) is 4.65. The molecule has 0 aliphatic heterocycles. The third-order valence-corrected chi connectivity index (χ3v) is 2.97. The number of aliphatic hydroxyl groups is 1. The SMILES string of the molecule is COC1CC(CC(C)C)CCC1O. The van der Waals surface area contributed by atoms with Crippen molar-refractivity contribution >= 4 is 0 Å². The topological polar surface area (TPSA) is 29.5 Å². The van der Waals surface area contributed by atoms with E-state index in [9.17, 15) is 5.11 Å². The monoisotopic (exact) mass is 186 g/mol. The molecule has 0 aromatic heterocycles. The Balaban J connectivity index is 2.36. The van der Waals surface area contributed by atoms with Crippen molar-refractivity contribution in [3.05, 3.63) is 0 Å². The number of hydrogen-bond acceptors (Lipinski definition) is 2.